The lowest BCUT2D eigenvalue weighted by molar-refractivity contribution is 0.456. The normalized spacial score (nSPS) is 17.8. The minimum atomic E-state index is -0.406. The number of H-pyrrole nitrogens is 1. The van der Waals surface area contributed by atoms with Gasteiger partial charge in [0.25, 0.3) is 0 Å². The highest BCUT2D eigenvalue weighted by molar-refractivity contribution is 6.34. The first-order chi connectivity index (χ1) is 8.75. The SMILES string of the molecule is O=C=NC1(c2ccc3n[nH]c(Cl)c3c2)CCCC1. The van der Waals surface area contributed by atoms with E-state index >= 15 is 0 Å². The lowest BCUT2D eigenvalue weighted by Gasteiger charge is -2.22. The van der Waals surface area contributed by atoms with Gasteiger partial charge in [0.2, 0.25) is 6.08 Å². The molecule has 1 aromatic carbocycles. The van der Waals surface area contributed by atoms with Crippen molar-refractivity contribution >= 4 is 28.6 Å². The molecule has 1 heterocycles. The molecule has 18 heavy (non-hydrogen) atoms. The minimum Gasteiger partial charge on any atom is -0.266 e. The Morgan fingerprint density at radius 1 is 1.39 bits per heavy atom. The average Bonchev–Trinajstić information content (AvgIpc) is 2.98. The Hall–Kier alpha value is -1.64. The predicted octanol–water partition coefficient (Wildman–Crippen LogP) is 3.32. The maximum absolute atomic E-state index is 10.7. The minimum absolute atomic E-state index is 0.406. The Morgan fingerprint density at radius 3 is 2.89 bits per heavy atom. The first-order valence-corrected chi connectivity index (χ1v) is 6.36. The van der Waals surface area contributed by atoms with Crippen LogP contribution in [0.15, 0.2) is 23.2 Å². The molecule has 1 N–H and O–H groups in total. The van der Waals surface area contributed by atoms with Crippen molar-refractivity contribution in [3.8, 4) is 0 Å². The first kappa shape index (κ1) is 11.5. The molecule has 0 bridgehead atoms. The Bertz CT molecular complexity index is 637. The van der Waals surface area contributed by atoms with Gasteiger partial charge in [-0.05, 0) is 30.5 Å². The number of aromatic amines is 1. The number of fused-ring (bicyclic) bond motifs is 1. The number of aliphatic imine (C=N–C) groups is 1. The van der Waals surface area contributed by atoms with Crippen molar-refractivity contribution in [1.29, 1.82) is 0 Å². The van der Waals surface area contributed by atoms with E-state index in [0.29, 0.717) is 5.15 Å². The van der Waals surface area contributed by atoms with E-state index in [4.69, 9.17) is 11.6 Å². The van der Waals surface area contributed by atoms with Crippen LogP contribution in [-0.2, 0) is 10.3 Å². The van der Waals surface area contributed by atoms with Crippen LogP contribution >= 0.6 is 11.6 Å². The summed E-state index contributed by atoms with van der Waals surface area (Å²) in [7, 11) is 0. The van der Waals surface area contributed by atoms with Crippen molar-refractivity contribution in [3.63, 3.8) is 0 Å². The Labute approximate surface area is 109 Å². The summed E-state index contributed by atoms with van der Waals surface area (Å²) in [6.07, 6.45) is 5.68. The number of benzene rings is 1. The van der Waals surface area contributed by atoms with E-state index in [2.05, 4.69) is 15.2 Å². The molecule has 0 radical (unpaired) electrons. The summed E-state index contributed by atoms with van der Waals surface area (Å²) in [4.78, 5) is 14.8. The highest BCUT2D eigenvalue weighted by Crippen LogP contribution is 2.43. The molecule has 1 aliphatic carbocycles. The Balaban J connectivity index is 2.17. The number of rotatable bonds is 2. The number of hydrogen-bond donors (Lipinski definition) is 1. The summed E-state index contributed by atoms with van der Waals surface area (Å²) in [5.41, 5.74) is 1.45. The van der Waals surface area contributed by atoms with Gasteiger partial charge in [0.15, 0.2) is 0 Å². The van der Waals surface area contributed by atoms with Crippen LogP contribution < -0.4 is 0 Å². The number of aromatic nitrogens is 2. The topological polar surface area (TPSA) is 58.1 Å². The highest BCUT2D eigenvalue weighted by Gasteiger charge is 2.35. The van der Waals surface area contributed by atoms with E-state index in [1.165, 1.54) is 0 Å². The molecule has 1 saturated carbocycles. The largest absolute Gasteiger partial charge is 0.266 e. The van der Waals surface area contributed by atoms with E-state index in [1.54, 1.807) is 6.08 Å². The molecule has 1 fully saturated rings. The lowest BCUT2D eigenvalue weighted by Crippen LogP contribution is -2.18. The van der Waals surface area contributed by atoms with Gasteiger partial charge in [0.1, 0.15) is 5.15 Å². The molecule has 0 saturated heterocycles. The molecule has 1 aliphatic rings. The number of isocyanates is 1. The van der Waals surface area contributed by atoms with Crippen molar-refractivity contribution in [2.75, 3.05) is 0 Å². The van der Waals surface area contributed by atoms with Crippen molar-refractivity contribution in [2.45, 2.75) is 31.2 Å². The molecule has 92 valence electrons. The fourth-order valence-corrected chi connectivity index (χ4v) is 2.97. The molecule has 2 aromatic rings. The highest BCUT2D eigenvalue weighted by atomic mass is 35.5. The molecule has 1 aromatic heterocycles. The van der Waals surface area contributed by atoms with Gasteiger partial charge in [-0.2, -0.15) is 10.1 Å². The van der Waals surface area contributed by atoms with Crippen molar-refractivity contribution < 1.29 is 4.79 Å². The van der Waals surface area contributed by atoms with E-state index in [1.807, 2.05) is 18.2 Å². The third kappa shape index (κ3) is 1.65. The zero-order chi connectivity index (χ0) is 12.6. The molecule has 0 aliphatic heterocycles. The van der Waals surface area contributed by atoms with Gasteiger partial charge in [-0.15, -0.1) is 0 Å². The van der Waals surface area contributed by atoms with Gasteiger partial charge in [0, 0.05) is 5.39 Å². The van der Waals surface area contributed by atoms with Crippen LogP contribution in [-0.4, -0.2) is 16.3 Å². The first-order valence-electron chi connectivity index (χ1n) is 5.98. The summed E-state index contributed by atoms with van der Waals surface area (Å²) in [5.74, 6) is 0. The number of hydrogen-bond acceptors (Lipinski definition) is 3. The van der Waals surface area contributed by atoms with E-state index in [9.17, 15) is 4.79 Å². The lowest BCUT2D eigenvalue weighted by atomic mass is 9.88. The van der Waals surface area contributed by atoms with Crippen LogP contribution in [0.2, 0.25) is 5.15 Å². The van der Waals surface area contributed by atoms with Crippen LogP contribution in [0.25, 0.3) is 10.9 Å². The fourth-order valence-electron chi connectivity index (χ4n) is 2.78. The summed E-state index contributed by atoms with van der Waals surface area (Å²) >= 11 is 6.05. The molecule has 0 spiro atoms. The number of halogens is 1. The maximum atomic E-state index is 10.7. The van der Waals surface area contributed by atoms with Crippen molar-refractivity contribution in [3.05, 3.63) is 28.9 Å². The van der Waals surface area contributed by atoms with Crippen LogP contribution in [0.5, 0.6) is 0 Å². The zero-order valence-electron chi connectivity index (χ0n) is 9.74. The number of carbonyl (C=O) groups excluding carboxylic acids is 1. The van der Waals surface area contributed by atoms with Gasteiger partial charge in [-0.25, -0.2) is 4.79 Å². The monoisotopic (exact) mass is 261 g/mol. The zero-order valence-corrected chi connectivity index (χ0v) is 10.5. The molecular weight excluding hydrogens is 250 g/mol. The molecule has 5 heteroatoms. The third-order valence-electron chi connectivity index (χ3n) is 3.74. The van der Waals surface area contributed by atoms with Crippen LogP contribution in [0.3, 0.4) is 0 Å². The molecule has 4 nitrogen and oxygen atoms in total. The number of nitrogens with zero attached hydrogens (tertiary/aromatic N) is 2. The van der Waals surface area contributed by atoms with Gasteiger partial charge in [0.05, 0.1) is 11.1 Å². The summed E-state index contributed by atoms with van der Waals surface area (Å²) < 4.78 is 0. The smallest absolute Gasteiger partial charge is 0.235 e. The Morgan fingerprint density at radius 2 is 2.17 bits per heavy atom. The van der Waals surface area contributed by atoms with Gasteiger partial charge >= 0.3 is 0 Å². The summed E-state index contributed by atoms with van der Waals surface area (Å²) in [5, 5.41) is 8.24. The van der Waals surface area contributed by atoms with Gasteiger partial charge in [-0.3, -0.25) is 5.10 Å². The van der Waals surface area contributed by atoms with E-state index in [-0.39, 0.29) is 0 Å². The predicted molar refractivity (Wildman–Crippen MR) is 69.4 cm³/mol. The molecule has 3 rings (SSSR count). The molecular formula is C13H12ClN3O. The summed E-state index contributed by atoms with van der Waals surface area (Å²) in [6, 6.07) is 5.87. The fraction of sp³-hybridized carbons (Fsp3) is 0.385. The number of nitrogens with one attached hydrogen (secondary N) is 1. The van der Waals surface area contributed by atoms with Crippen molar-refractivity contribution in [1.82, 2.24) is 10.2 Å². The quantitative estimate of drug-likeness (QED) is 0.666. The molecule has 0 amide bonds. The van der Waals surface area contributed by atoms with Gasteiger partial charge in [-0.1, -0.05) is 30.5 Å². The van der Waals surface area contributed by atoms with E-state index in [0.717, 1.165) is 42.1 Å². The second kappa shape index (κ2) is 4.23. The molecule has 0 atom stereocenters. The molecule has 0 unspecified atom stereocenters. The summed E-state index contributed by atoms with van der Waals surface area (Å²) in [6.45, 7) is 0. The standard InChI is InChI=1S/C13H12ClN3O/c14-12-10-7-9(3-4-11(10)16-17-12)13(15-8-18)5-1-2-6-13/h3-4,7H,1-2,5-6H2,(H,16,17). The Kier molecular flexibility index (Phi) is 2.69. The van der Waals surface area contributed by atoms with Crippen LogP contribution in [0, 0.1) is 0 Å². The average molecular weight is 262 g/mol. The van der Waals surface area contributed by atoms with Crippen LogP contribution in [0.1, 0.15) is 31.2 Å². The third-order valence-corrected chi connectivity index (χ3v) is 4.02. The van der Waals surface area contributed by atoms with Crippen LogP contribution in [0.4, 0.5) is 0 Å². The maximum Gasteiger partial charge on any atom is 0.235 e. The second-order valence-corrected chi connectivity index (χ2v) is 5.09. The van der Waals surface area contributed by atoms with Crippen molar-refractivity contribution in [2.24, 2.45) is 4.99 Å². The van der Waals surface area contributed by atoms with E-state index < -0.39 is 5.54 Å². The second-order valence-electron chi connectivity index (χ2n) is 4.71. The van der Waals surface area contributed by atoms with Gasteiger partial charge < -0.3 is 0 Å².